The van der Waals surface area contributed by atoms with Crippen molar-refractivity contribution in [2.24, 2.45) is 0 Å². The molecule has 0 amide bonds. The Labute approximate surface area is 142 Å². The lowest BCUT2D eigenvalue weighted by Crippen LogP contribution is -2.46. The zero-order valence-corrected chi connectivity index (χ0v) is 13.7. The molecule has 0 aliphatic carbocycles. The van der Waals surface area contributed by atoms with Gasteiger partial charge in [0.1, 0.15) is 5.82 Å². The van der Waals surface area contributed by atoms with E-state index < -0.39 is 0 Å². The van der Waals surface area contributed by atoms with Gasteiger partial charge >= 0.3 is 0 Å². The molecule has 0 unspecified atom stereocenters. The second-order valence-corrected chi connectivity index (χ2v) is 6.37. The lowest BCUT2D eigenvalue weighted by atomic mass is 10.2. The highest BCUT2D eigenvalue weighted by Crippen LogP contribution is 2.21. The molecular weight excluding hydrogens is 296 g/mol. The topological polar surface area (TPSA) is 45.4 Å². The molecule has 4 heteroatoms. The molecule has 0 bridgehead atoms. The molecule has 0 radical (unpaired) electrons. The second-order valence-electron chi connectivity index (χ2n) is 6.37. The number of nitrogen functional groups attached to an aromatic ring is 1. The first-order valence-electron chi connectivity index (χ1n) is 8.45. The average Bonchev–Trinajstić information content (AvgIpc) is 2.63. The number of aromatic nitrogens is 1. The molecule has 1 aromatic heterocycles. The zero-order chi connectivity index (χ0) is 16.4. The predicted molar refractivity (Wildman–Crippen MR) is 100 cm³/mol. The van der Waals surface area contributed by atoms with E-state index >= 15 is 0 Å². The van der Waals surface area contributed by atoms with E-state index in [9.17, 15) is 0 Å². The summed E-state index contributed by atoms with van der Waals surface area (Å²) in [5.74, 6) is 1.06. The number of fused-ring (bicyclic) bond motifs is 1. The second kappa shape index (κ2) is 6.49. The third-order valence-electron chi connectivity index (χ3n) is 4.64. The van der Waals surface area contributed by atoms with E-state index in [0.717, 1.165) is 55.1 Å². The Hall–Kier alpha value is -2.59. The molecule has 0 atom stereocenters. The lowest BCUT2D eigenvalue weighted by Gasteiger charge is -2.35. The standard InChI is InChI=1S/C20H22N4/c21-18-7-8-19-17(14-18)6-9-20(22-19)24-12-10-23(11-13-24)15-16-4-2-1-3-5-16/h1-9,14H,10-13,15,21H2. The van der Waals surface area contributed by atoms with Crippen LogP contribution < -0.4 is 10.6 Å². The Morgan fingerprint density at radius 1 is 0.875 bits per heavy atom. The van der Waals surface area contributed by atoms with Crippen LogP contribution in [0, 0.1) is 0 Å². The number of anilines is 2. The maximum absolute atomic E-state index is 5.84. The Morgan fingerprint density at radius 2 is 1.67 bits per heavy atom. The molecular formula is C20H22N4. The molecule has 2 heterocycles. The SMILES string of the molecule is Nc1ccc2nc(N3CCN(Cc4ccccc4)CC3)ccc2c1. The fourth-order valence-corrected chi connectivity index (χ4v) is 3.29. The van der Waals surface area contributed by atoms with Crippen molar-refractivity contribution in [1.29, 1.82) is 0 Å². The summed E-state index contributed by atoms with van der Waals surface area (Å²) in [6, 6.07) is 20.8. The third kappa shape index (κ3) is 3.19. The van der Waals surface area contributed by atoms with Gasteiger partial charge < -0.3 is 10.6 Å². The Kier molecular flexibility index (Phi) is 4.05. The smallest absolute Gasteiger partial charge is 0.129 e. The molecule has 0 spiro atoms. The summed E-state index contributed by atoms with van der Waals surface area (Å²) in [6.45, 7) is 5.19. The maximum Gasteiger partial charge on any atom is 0.129 e. The van der Waals surface area contributed by atoms with Gasteiger partial charge in [-0.2, -0.15) is 0 Å². The predicted octanol–water partition coefficient (Wildman–Crippen LogP) is 3.14. The van der Waals surface area contributed by atoms with Crippen molar-refractivity contribution in [3.05, 3.63) is 66.2 Å². The fraction of sp³-hybridized carbons (Fsp3) is 0.250. The van der Waals surface area contributed by atoms with E-state index in [4.69, 9.17) is 10.7 Å². The van der Waals surface area contributed by atoms with Gasteiger partial charge in [-0.15, -0.1) is 0 Å². The Bertz CT molecular complexity index is 823. The van der Waals surface area contributed by atoms with Gasteiger partial charge in [-0.05, 0) is 35.9 Å². The van der Waals surface area contributed by atoms with Gasteiger partial charge in [-0.3, -0.25) is 4.90 Å². The van der Waals surface area contributed by atoms with Crippen molar-refractivity contribution >= 4 is 22.4 Å². The number of hydrogen-bond acceptors (Lipinski definition) is 4. The summed E-state index contributed by atoms with van der Waals surface area (Å²) in [7, 11) is 0. The largest absolute Gasteiger partial charge is 0.399 e. The number of nitrogens with two attached hydrogens (primary N) is 1. The van der Waals surface area contributed by atoms with Crippen LogP contribution in [0.3, 0.4) is 0 Å². The van der Waals surface area contributed by atoms with Crippen molar-refractivity contribution in [3.63, 3.8) is 0 Å². The van der Waals surface area contributed by atoms with Crippen LogP contribution in [0.25, 0.3) is 10.9 Å². The van der Waals surface area contributed by atoms with Gasteiger partial charge in [0.25, 0.3) is 0 Å². The van der Waals surface area contributed by atoms with Gasteiger partial charge in [0.15, 0.2) is 0 Å². The number of benzene rings is 2. The van der Waals surface area contributed by atoms with E-state index in [0.29, 0.717) is 0 Å². The first kappa shape index (κ1) is 15.0. The van der Waals surface area contributed by atoms with Crippen LogP contribution in [0.5, 0.6) is 0 Å². The van der Waals surface area contributed by atoms with Crippen molar-refractivity contribution in [1.82, 2.24) is 9.88 Å². The first-order chi connectivity index (χ1) is 11.8. The molecule has 2 N–H and O–H groups in total. The average molecular weight is 318 g/mol. The molecule has 4 nitrogen and oxygen atoms in total. The Balaban J connectivity index is 1.43. The summed E-state index contributed by atoms with van der Waals surface area (Å²) >= 11 is 0. The molecule has 2 aromatic carbocycles. The molecule has 4 rings (SSSR count). The first-order valence-corrected chi connectivity index (χ1v) is 8.45. The Morgan fingerprint density at radius 3 is 2.46 bits per heavy atom. The van der Waals surface area contributed by atoms with E-state index in [-0.39, 0.29) is 0 Å². The van der Waals surface area contributed by atoms with Crippen LogP contribution in [0.15, 0.2) is 60.7 Å². The maximum atomic E-state index is 5.84. The molecule has 1 aliphatic heterocycles. The van der Waals surface area contributed by atoms with E-state index in [1.54, 1.807) is 0 Å². The number of rotatable bonds is 3. The van der Waals surface area contributed by atoms with Gasteiger partial charge in [-0.1, -0.05) is 30.3 Å². The molecule has 1 aliphatic rings. The van der Waals surface area contributed by atoms with Crippen LogP contribution in [0.4, 0.5) is 11.5 Å². The highest BCUT2D eigenvalue weighted by molar-refractivity contribution is 5.83. The van der Waals surface area contributed by atoms with Crippen LogP contribution >= 0.6 is 0 Å². The van der Waals surface area contributed by atoms with Crippen LogP contribution in [-0.2, 0) is 6.54 Å². The number of nitrogens with zero attached hydrogens (tertiary/aromatic N) is 3. The van der Waals surface area contributed by atoms with Crippen molar-refractivity contribution in [2.75, 3.05) is 36.8 Å². The minimum Gasteiger partial charge on any atom is -0.399 e. The highest BCUT2D eigenvalue weighted by Gasteiger charge is 2.18. The van der Waals surface area contributed by atoms with Crippen LogP contribution in [0.1, 0.15) is 5.56 Å². The number of piperazine rings is 1. The monoisotopic (exact) mass is 318 g/mol. The summed E-state index contributed by atoms with van der Waals surface area (Å²) < 4.78 is 0. The van der Waals surface area contributed by atoms with Crippen molar-refractivity contribution in [2.45, 2.75) is 6.54 Å². The fourth-order valence-electron chi connectivity index (χ4n) is 3.29. The number of pyridine rings is 1. The quantitative estimate of drug-likeness (QED) is 0.754. The molecule has 3 aromatic rings. The zero-order valence-electron chi connectivity index (χ0n) is 13.7. The molecule has 0 saturated carbocycles. The van der Waals surface area contributed by atoms with E-state index in [1.807, 2.05) is 18.2 Å². The third-order valence-corrected chi connectivity index (χ3v) is 4.64. The summed E-state index contributed by atoms with van der Waals surface area (Å²) in [6.07, 6.45) is 0. The minimum atomic E-state index is 0.784. The van der Waals surface area contributed by atoms with Gasteiger partial charge in [0.05, 0.1) is 5.52 Å². The summed E-state index contributed by atoms with van der Waals surface area (Å²) in [5, 5.41) is 1.10. The van der Waals surface area contributed by atoms with E-state index in [2.05, 4.69) is 52.3 Å². The summed E-state index contributed by atoms with van der Waals surface area (Å²) in [4.78, 5) is 9.68. The lowest BCUT2D eigenvalue weighted by molar-refractivity contribution is 0.249. The number of hydrogen-bond donors (Lipinski definition) is 1. The van der Waals surface area contributed by atoms with Crippen molar-refractivity contribution in [3.8, 4) is 0 Å². The normalized spacial score (nSPS) is 15.8. The van der Waals surface area contributed by atoms with Crippen molar-refractivity contribution < 1.29 is 0 Å². The minimum absolute atomic E-state index is 0.784. The van der Waals surface area contributed by atoms with Gasteiger partial charge in [-0.25, -0.2) is 4.98 Å². The molecule has 122 valence electrons. The van der Waals surface area contributed by atoms with Gasteiger partial charge in [0.2, 0.25) is 0 Å². The molecule has 24 heavy (non-hydrogen) atoms. The summed E-state index contributed by atoms with van der Waals surface area (Å²) in [5.41, 5.74) is 9.01. The highest BCUT2D eigenvalue weighted by atomic mass is 15.3. The van der Waals surface area contributed by atoms with Gasteiger partial charge in [0, 0.05) is 43.8 Å². The molecule has 1 saturated heterocycles. The molecule has 1 fully saturated rings. The van der Waals surface area contributed by atoms with E-state index in [1.165, 1.54) is 5.56 Å². The van der Waals surface area contributed by atoms with Crippen LogP contribution in [-0.4, -0.2) is 36.1 Å². The van der Waals surface area contributed by atoms with Crippen LogP contribution in [0.2, 0.25) is 0 Å².